The van der Waals surface area contributed by atoms with Gasteiger partial charge < -0.3 is 5.73 Å². The summed E-state index contributed by atoms with van der Waals surface area (Å²) in [7, 11) is 0. The van der Waals surface area contributed by atoms with Crippen LogP contribution in [0.1, 0.15) is 19.8 Å². The lowest BCUT2D eigenvalue weighted by atomic mass is 10.1. The Balaban J connectivity index is 3.60. The van der Waals surface area contributed by atoms with Gasteiger partial charge in [0, 0.05) is 19.8 Å². The van der Waals surface area contributed by atoms with E-state index in [1.54, 1.807) is 0 Å². The Bertz CT molecular complexity index is 174. The van der Waals surface area contributed by atoms with Gasteiger partial charge in [-0.15, -0.1) is 0 Å². The normalized spacial score (nSPS) is 8.90. The highest BCUT2D eigenvalue weighted by atomic mass is 16.2. The molecular weight excluding hydrogens is 134 g/mol. The molecule has 0 aliphatic heterocycles. The maximum Gasteiger partial charge on any atom is 0.217 e. The van der Waals surface area contributed by atoms with Crippen molar-refractivity contribution in [2.75, 3.05) is 0 Å². The molecule has 0 aliphatic carbocycles. The molecule has 0 bridgehead atoms. The second-order valence-corrected chi connectivity index (χ2v) is 1.95. The van der Waals surface area contributed by atoms with Gasteiger partial charge in [-0.05, 0) is 0 Å². The molecule has 0 fully saturated rings. The molecule has 4 nitrogen and oxygen atoms in total. The quantitative estimate of drug-likeness (QED) is 0.534. The van der Waals surface area contributed by atoms with Gasteiger partial charge in [0.1, 0.15) is 0 Å². The predicted octanol–water partition coefficient (Wildman–Crippen LogP) is -0.590. The van der Waals surface area contributed by atoms with Crippen LogP contribution in [-0.4, -0.2) is 17.5 Å². The van der Waals surface area contributed by atoms with Crippen molar-refractivity contribution in [1.29, 1.82) is 0 Å². The molecule has 0 radical (unpaired) electrons. The first kappa shape index (κ1) is 8.81. The first-order valence-electron chi connectivity index (χ1n) is 2.86. The minimum atomic E-state index is -0.561. The average molecular weight is 143 g/mol. The summed E-state index contributed by atoms with van der Waals surface area (Å²) in [5, 5.41) is 0. The van der Waals surface area contributed by atoms with Crippen LogP contribution in [0, 0.1) is 0 Å². The molecule has 0 spiro atoms. The maximum atomic E-state index is 10.5. The van der Waals surface area contributed by atoms with Gasteiger partial charge in [-0.25, -0.2) is 0 Å². The summed E-state index contributed by atoms with van der Waals surface area (Å²) >= 11 is 0. The fraction of sp³-hybridized carbons (Fsp3) is 0.500. The summed E-state index contributed by atoms with van der Waals surface area (Å²) in [6.45, 7) is 1.17. The Morgan fingerprint density at radius 1 is 1.20 bits per heavy atom. The third kappa shape index (κ3) is 3.77. The minimum Gasteiger partial charge on any atom is -0.370 e. The fourth-order valence-corrected chi connectivity index (χ4v) is 0.413. The molecule has 0 aromatic rings. The van der Waals surface area contributed by atoms with E-state index < -0.39 is 17.5 Å². The van der Waals surface area contributed by atoms with Gasteiger partial charge in [0.25, 0.3) is 0 Å². The number of ketones is 2. The maximum absolute atomic E-state index is 10.5. The van der Waals surface area contributed by atoms with Crippen molar-refractivity contribution in [2.24, 2.45) is 5.73 Å². The van der Waals surface area contributed by atoms with Crippen LogP contribution in [0.25, 0.3) is 0 Å². The third-order valence-electron chi connectivity index (χ3n) is 0.991. The Morgan fingerprint density at radius 2 is 1.70 bits per heavy atom. The summed E-state index contributed by atoms with van der Waals surface area (Å²) < 4.78 is 0. The molecule has 0 heterocycles. The third-order valence-corrected chi connectivity index (χ3v) is 0.991. The lowest BCUT2D eigenvalue weighted by Gasteiger charge is -1.90. The van der Waals surface area contributed by atoms with Crippen LogP contribution in [0.3, 0.4) is 0 Å². The van der Waals surface area contributed by atoms with E-state index in [-0.39, 0.29) is 12.8 Å². The molecule has 0 aliphatic rings. The van der Waals surface area contributed by atoms with Crippen LogP contribution in [0.15, 0.2) is 0 Å². The molecule has 56 valence electrons. The van der Waals surface area contributed by atoms with Crippen LogP contribution in [0.4, 0.5) is 0 Å². The molecule has 0 atom stereocenters. The Hall–Kier alpha value is -1.19. The molecule has 2 N–H and O–H groups in total. The van der Waals surface area contributed by atoms with Crippen molar-refractivity contribution in [1.82, 2.24) is 0 Å². The monoisotopic (exact) mass is 143 g/mol. The molecule has 0 unspecified atom stereocenters. The molecule has 0 saturated carbocycles. The summed E-state index contributed by atoms with van der Waals surface area (Å²) in [6.07, 6.45) is -0.108. The molecule has 0 aromatic heterocycles. The van der Waals surface area contributed by atoms with E-state index in [4.69, 9.17) is 5.73 Å². The molecular formula is C6H9NO3. The van der Waals surface area contributed by atoms with Crippen LogP contribution in [0.2, 0.25) is 0 Å². The van der Waals surface area contributed by atoms with Gasteiger partial charge in [-0.1, -0.05) is 0 Å². The van der Waals surface area contributed by atoms with Crippen molar-refractivity contribution >= 4 is 17.5 Å². The fourth-order valence-electron chi connectivity index (χ4n) is 0.413. The van der Waals surface area contributed by atoms with E-state index in [9.17, 15) is 14.4 Å². The number of primary amides is 1. The van der Waals surface area contributed by atoms with Gasteiger partial charge >= 0.3 is 0 Å². The van der Waals surface area contributed by atoms with E-state index in [1.165, 1.54) is 6.92 Å². The second kappa shape index (κ2) is 3.76. The highest BCUT2D eigenvalue weighted by Gasteiger charge is 2.07. The summed E-state index contributed by atoms with van der Waals surface area (Å²) in [5.74, 6) is -1.63. The minimum absolute atomic E-state index is 0.0432. The number of nitrogens with two attached hydrogens (primary N) is 1. The highest BCUT2D eigenvalue weighted by Crippen LogP contribution is 1.89. The zero-order valence-electron chi connectivity index (χ0n) is 5.72. The Labute approximate surface area is 58.4 Å². The lowest BCUT2D eigenvalue weighted by Crippen LogP contribution is -2.16. The lowest BCUT2D eigenvalue weighted by molar-refractivity contribution is -0.135. The van der Waals surface area contributed by atoms with Crippen LogP contribution < -0.4 is 5.73 Å². The number of amides is 1. The van der Waals surface area contributed by atoms with Crippen LogP contribution in [0.5, 0.6) is 0 Å². The zero-order valence-corrected chi connectivity index (χ0v) is 5.72. The van der Waals surface area contributed by atoms with Gasteiger partial charge in [-0.2, -0.15) is 0 Å². The summed E-state index contributed by atoms with van der Waals surface area (Å²) in [5.41, 5.74) is 4.74. The molecule has 0 rings (SSSR count). The smallest absolute Gasteiger partial charge is 0.217 e. The first-order chi connectivity index (χ1) is 4.54. The van der Waals surface area contributed by atoms with Crippen molar-refractivity contribution in [3.05, 3.63) is 0 Å². The summed E-state index contributed by atoms with van der Waals surface area (Å²) in [6, 6.07) is 0. The predicted molar refractivity (Wildman–Crippen MR) is 34.1 cm³/mol. The highest BCUT2D eigenvalue weighted by molar-refractivity contribution is 6.36. The largest absolute Gasteiger partial charge is 0.370 e. The van der Waals surface area contributed by atoms with Gasteiger partial charge in [0.15, 0.2) is 11.6 Å². The van der Waals surface area contributed by atoms with Crippen molar-refractivity contribution in [3.8, 4) is 0 Å². The van der Waals surface area contributed by atoms with E-state index in [0.717, 1.165) is 0 Å². The summed E-state index contributed by atoms with van der Waals surface area (Å²) in [4.78, 5) is 30.8. The SMILES string of the molecule is CC(=O)C(=O)CCC(N)=O. The zero-order chi connectivity index (χ0) is 8.15. The van der Waals surface area contributed by atoms with E-state index in [1.807, 2.05) is 0 Å². The number of rotatable bonds is 4. The first-order valence-corrected chi connectivity index (χ1v) is 2.86. The average Bonchev–Trinajstić information content (AvgIpc) is 1.82. The van der Waals surface area contributed by atoms with E-state index >= 15 is 0 Å². The van der Waals surface area contributed by atoms with Gasteiger partial charge in [-0.3, -0.25) is 14.4 Å². The molecule has 1 amide bonds. The number of Topliss-reactive ketones (excluding diaryl/α,β-unsaturated/α-hetero) is 2. The second-order valence-electron chi connectivity index (χ2n) is 1.95. The standard InChI is InChI=1S/C6H9NO3/c1-4(8)5(9)2-3-6(7)10/h2-3H2,1H3,(H2,7,10). The Kier molecular flexibility index (Phi) is 3.32. The van der Waals surface area contributed by atoms with Crippen molar-refractivity contribution in [3.63, 3.8) is 0 Å². The Morgan fingerprint density at radius 3 is 2.00 bits per heavy atom. The van der Waals surface area contributed by atoms with Gasteiger partial charge in [0.2, 0.25) is 5.91 Å². The molecule has 10 heavy (non-hydrogen) atoms. The number of carbonyl (C=O) groups is 3. The number of hydrogen-bond acceptors (Lipinski definition) is 3. The number of hydrogen-bond donors (Lipinski definition) is 1. The van der Waals surface area contributed by atoms with E-state index in [0.29, 0.717) is 0 Å². The van der Waals surface area contributed by atoms with Gasteiger partial charge in [0.05, 0.1) is 0 Å². The molecule has 0 aromatic carbocycles. The molecule has 0 saturated heterocycles. The van der Waals surface area contributed by atoms with Crippen molar-refractivity contribution in [2.45, 2.75) is 19.8 Å². The van der Waals surface area contributed by atoms with Crippen LogP contribution in [-0.2, 0) is 14.4 Å². The number of carbonyl (C=O) groups excluding carboxylic acids is 3. The molecule has 4 heteroatoms. The van der Waals surface area contributed by atoms with Crippen LogP contribution >= 0.6 is 0 Å². The van der Waals surface area contributed by atoms with E-state index in [2.05, 4.69) is 0 Å². The van der Waals surface area contributed by atoms with Crippen molar-refractivity contribution < 1.29 is 14.4 Å². The topological polar surface area (TPSA) is 77.2 Å².